The van der Waals surface area contributed by atoms with Crippen molar-refractivity contribution in [3.05, 3.63) is 0 Å². The number of hydrogen-bond donors (Lipinski definition) is 4. The summed E-state index contributed by atoms with van der Waals surface area (Å²) < 4.78 is 0. The van der Waals surface area contributed by atoms with E-state index in [4.69, 9.17) is 0 Å². The van der Waals surface area contributed by atoms with Crippen LogP contribution in [0.5, 0.6) is 0 Å². The first kappa shape index (κ1) is 20.4. The predicted octanol–water partition coefficient (Wildman–Crippen LogP) is 4.40. The maximum absolute atomic E-state index is 13.1. The standard InChI is InChI=1S/C24H40N4O2/c29-22(25-20-7-3-1-4-8-20)27-24(28-23(30)26-21-9-5-2-6-10-21)18-12-16-11-17(14-18)15-19(24)13-16/h16-21H,1-15H2,(H2,25,27,29)(H2,26,28,30). The van der Waals surface area contributed by atoms with Crippen molar-refractivity contribution < 1.29 is 9.59 Å². The van der Waals surface area contributed by atoms with Gasteiger partial charge in [0.2, 0.25) is 0 Å². The summed E-state index contributed by atoms with van der Waals surface area (Å²) >= 11 is 0. The van der Waals surface area contributed by atoms with Crippen LogP contribution in [-0.4, -0.2) is 29.8 Å². The lowest BCUT2D eigenvalue weighted by Crippen LogP contribution is -2.76. The molecule has 0 radical (unpaired) electrons. The molecule has 6 aliphatic rings. The maximum Gasteiger partial charge on any atom is 0.316 e. The van der Waals surface area contributed by atoms with Crippen LogP contribution < -0.4 is 21.3 Å². The van der Waals surface area contributed by atoms with E-state index in [2.05, 4.69) is 21.3 Å². The van der Waals surface area contributed by atoms with Crippen LogP contribution in [0.1, 0.15) is 96.3 Å². The molecular weight excluding hydrogens is 376 g/mol. The topological polar surface area (TPSA) is 82.3 Å². The molecule has 6 nitrogen and oxygen atoms in total. The molecule has 0 aromatic heterocycles. The van der Waals surface area contributed by atoms with E-state index in [0.717, 1.165) is 63.2 Å². The van der Waals surface area contributed by atoms with Gasteiger partial charge in [-0.2, -0.15) is 0 Å². The smallest absolute Gasteiger partial charge is 0.316 e. The normalized spacial score (nSPS) is 35.6. The maximum atomic E-state index is 13.1. The molecule has 6 heteroatoms. The van der Waals surface area contributed by atoms with Crippen molar-refractivity contribution in [2.24, 2.45) is 23.7 Å². The minimum absolute atomic E-state index is 0.0765. The summed E-state index contributed by atoms with van der Waals surface area (Å²) in [6.45, 7) is 0. The van der Waals surface area contributed by atoms with Crippen molar-refractivity contribution in [3.8, 4) is 0 Å². The molecule has 0 spiro atoms. The van der Waals surface area contributed by atoms with E-state index < -0.39 is 5.66 Å². The van der Waals surface area contributed by atoms with Crippen LogP contribution in [0.25, 0.3) is 0 Å². The zero-order chi connectivity index (χ0) is 20.6. The SMILES string of the molecule is O=C(NC1CCCCC1)NC1(NC(=O)NC2CCCCC2)C2CC3CC(C2)CC1C3. The summed E-state index contributed by atoms with van der Waals surface area (Å²) in [4.78, 5) is 26.2. The first-order valence-corrected chi connectivity index (χ1v) is 12.8. The summed E-state index contributed by atoms with van der Waals surface area (Å²) in [5, 5.41) is 13.2. The molecule has 0 atom stereocenters. The molecule has 0 aromatic carbocycles. The molecule has 0 aliphatic heterocycles. The van der Waals surface area contributed by atoms with Crippen LogP contribution in [0, 0.1) is 23.7 Å². The van der Waals surface area contributed by atoms with E-state index >= 15 is 0 Å². The number of nitrogens with one attached hydrogen (secondary N) is 4. The third-order valence-corrected chi connectivity index (χ3v) is 8.95. The largest absolute Gasteiger partial charge is 0.335 e. The van der Waals surface area contributed by atoms with Gasteiger partial charge in [-0.25, -0.2) is 9.59 Å². The van der Waals surface area contributed by atoms with E-state index in [9.17, 15) is 9.59 Å². The average molecular weight is 417 g/mol. The van der Waals surface area contributed by atoms with E-state index in [1.54, 1.807) is 0 Å². The predicted molar refractivity (Wildman–Crippen MR) is 117 cm³/mol. The summed E-state index contributed by atoms with van der Waals surface area (Å²) in [5.41, 5.74) is -0.578. The lowest BCUT2D eigenvalue weighted by molar-refractivity contribution is -0.0782. The number of rotatable bonds is 4. The molecular formula is C24H40N4O2. The number of carbonyl (C=O) groups is 2. The quantitative estimate of drug-likeness (QED) is 0.512. The fourth-order valence-electron chi connectivity index (χ4n) is 7.68. The molecule has 168 valence electrons. The number of hydrogen-bond acceptors (Lipinski definition) is 2. The van der Waals surface area contributed by atoms with Crippen molar-refractivity contribution in [2.75, 3.05) is 0 Å². The highest BCUT2D eigenvalue weighted by atomic mass is 16.2. The van der Waals surface area contributed by atoms with Gasteiger partial charge in [0.25, 0.3) is 0 Å². The van der Waals surface area contributed by atoms with E-state index in [1.807, 2.05) is 0 Å². The number of carbonyl (C=O) groups excluding carboxylic acids is 2. The Hall–Kier alpha value is -1.46. The van der Waals surface area contributed by atoms with Gasteiger partial charge in [-0.15, -0.1) is 0 Å². The molecule has 4 amide bonds. The zero-order valence-electron chi connectivity index (χ0n) is 18.4. The average Bonchev–Trinajstić information content (AvgIpc) is 2.72. The highest BCUT2D eigenvalue weighted by Gasteiger charge is 2.59. The molecule has 4 bridgehead atoms. The summed E-state index contributed by atoms with van der Waals surface area (Å²) in [7, 11) is 0. The Labute approximate surface area is 181 Å². The monoisotopic (exact) mass is 416 g/mol. The van der Waals surface area contributed by atoms with Crippen molar-refractivity contribution in [1.29, 1.82) is 0 Å². The first-order valence-electron chi connectivity index (χ1n) is 12.8. The highest BCUT2D eigenvalue weighted by Crippen LogP contribution is 2.57. The summed E-state index contributed by atoms with van der Waals surface area (Å²) in [6.07, 6.45) is 17.6. The first-order chi connectivity index (χ1) is 14.6. The van der Waals surface area contributed by atoms with E-state index in [0.29, 0.717) is 11.8 Å². The molecule has 30 heavy (non-hydrogen) atoms. The van der Waals surface area contributed by atoms with Crippen LogP contribution in [0.2, 0.25) is 0 Å². The molecule has 4 N–H and O–H groups in total. The molecule has 6 saturated carbocycles. The lowest BCUT2D eigenvalue weighted by atomic mass is 9.51. The van der Waals surface area contributed by atoms with Crippen LogP contribution in [0.15, 0.2) is 0 Å². The Bertz CT molecular complexity index is 575. The second-order valence-electron chi connectivity index (χ2n) is 11.0. The summed E-state index contributed by atoms with van der Waals surface area (Å²) in [5.74, 6) is 2.30. The Morgan fingerprint density at radius 3 is 1.37 bits per heavy atom. The van der Waals surface area contributed by atoms with Gasteiger partial charge in [-0.1, -0.05) is 38.5 Å². The van der Waals surface area contributed by atoms with Crippen molar-refractivity contribution in [2.45, 2.75) is 114 Å². The van der Waals surface area contributed by atoms with E-state index in [1.165, 1.54) is 44.9 Å². The van der Waals surface area contributed by atoms with Gasteiger partial charge in [0.1, 0.15) is 5.66 Å². The number of amides is 4. The van der Waals surface area contributed by atoms with Gasteiger partial charge >= 0.3 is 12.1 Å². The minimum atomic E-state index is -0.578. The molecule has 0 heterocycles. The van der Waals surface area contributed by atoms with Crippen LogP contribution in [0.3, 0.4) is 0 Å². The van der Waals surface area contributed by atoms with Crippen LogP contribution in [-0.2, 0) is 0 Å². The van der Waals surface area contributed by atoms with Crippen molar-refractivity contribution in [3.63, 3.8) is 0 Å². The molecule has 6 fully saturated rings. The van der Waals surface area contributed by atoms with Gasteiger partial charge in [0.15, 0.2) is 0 Å². The third kappa shape index (κ3) is 4.16. The Morgan fingerprint density at radius 2 is 0.967 bits per heavy atom. The fraction of sp³-hybridized carbons (Fsp3) is 0.917. The van der Waals surface area contributed by atoms with E-state index in [-0.39, 0.29) is 24.1 Å². The van der Waals surface area contributed by atoms with Gasteiger partial charge in [-0.3, -0.25) is 0 Å². The lowest BCUT2D eigenvalue weighted by Gasteiger charge is -2.61. The molecule has 0 unspecified atom stereocenters. The number of urea groups is 2. The second-order valence-corrected chi connectivity index (χ2v) is 11.0. The van der Waals surface area contributed by atoms with Crippen molar-refractivity contribution in [1.82, 2.24) is 21.3 Å². The fourth-order valence-corrected chi connectivity index (χ4v) is 7.68. The minimum Gasteiger partial charge on any atom is -0.335 e. The van der Waals surface area contributed by atoms with Crippen LogP contribution >= 0.6 is 0 Å². The van der Waals surface area contributed by atoms with Gasteiger partial charge in [-0.05, 0) is 69.6 Å². The Kier molecular flexibility index (Phi) is 5.85. The highest BCUT2D eigenvalue weighted by molar-refractivity contribution is 5.79. The Morgan fingerprint density at radius 1 is 0.567 bits per heavy atom. The zero-order valence-corrected chi connectivity index (χ0v) is 18.4. The third-order valence-electron chi connectivity index (χ3n) is 8.95. The molecule has 0 saturated heterocycles. The van der Waals surface area contributed by atoms with Gasteiger partial charge in [0.05, 0.1) is 0 Å². The van der Waals surface area contributed by atoms with Crippen LogP contribution in [0.4, 0.5) is 9.59 Å². The van der Waals surface area contributed by atoms with Gasteiger partial charge < -0.3 is 21.3 Å². The molecule has 6 aliphatic carbocycles. The van der Waals surface area contributed by atoms with Crippen molar-refractivity contribution >= 4 is 12.1 Å². The van der Waals surface area contributed by atoms with Gasteiger partial charge in [0, 0.05) is 23.9 Å². The Balaban J connectivity index is 1.29. The molecule has 6 rings (SSSR count). The second kappa shape index (κ2) is 8.58. The summed E-state index contributed by atoms with van der Waals surface area (Å²) in [6, 6.07) is 0.409. The molecule has 0 aromatic rings.